The van der Waals surface area contributed by atoms with Crippen LogP contribution in [0.25, 0.3) is 5.69 Å². The number of benzene rings is 2. The van der Waals surface area contributed by atoms with E-state index < -0.39 is 15.1 Å². The van der Waals surface area contributed by atoms with Crippen molar-refractivity contribution in [3.05, 3.63) is 77.1 Å². The number of aromatic nitrogens is 3. The van der Waals surface area contributed by atoms with E-state index in [0.717, 1.165) is 5.69 Å². The van der Waals surface area contributed by atoms with Crippen LogP contribution in [-0.2, 0) is 9.84 Å². The van der Waals surface area contributed by atoms with Gasteiger partial charge in [-0.3, -0.25) is 4.79 Å². The van der Waals surface area contributed by atoms with Crippen LogP contribution in [0, 0.1) is 0 Å². The highest BCUT2D eigenvalue weighted by Crippen LogP contribution is 2.34. The minimum absolute atomic E-state index is 0.111. The first-order valence-electron chi connectivity index (χ1n) is 9.19. The highest BCUT2D eigenvalue weighted by molar-refractivity contribution is 7.91. The molecule has 0 unspecified atom stereocenters. The van der Waals surface area contributed by atoms with Crippen LogP contribution in [0.1, 0.15) is 27.7 Å². The Morgan fingerprint density at radius 2 is 1.76 bits per heavy atom. The predicted molar refractivity (Wildman–Crippen MR) is 110 cm³/mol. The highest BCUT2D eigenvalue weighted by Gasteiger charge is 2.34. The van der Waals surface area contributed by atoms with Gasteiger partial charge in [0.15, 0.2) is 15.5 Å². The van der Waals surface area contributed by atoms with Gasteiger partial charge in [0.2, 0.25) is 0 Å². The molecule has 0 bridgehead atoms. The van der Waals surface area contributed by atoms with E-state index in [0.29, 0.717) is 17.1 Å². The van der Waals surface area contributed by atoms with Gasteiger partial charge in [-0.05, 0) is 30.2 Å². The van der Waals surface area contributed by atoms with Gasteiger partial charge in [0.25, 0.3) is 5.91 Å². The van der Waals surface area contributed by atoms with Gasteiger partial charge in [-0.1, -0.05) is 48.0 Å². The minimum Gasteiger partial charge on any atom is -0.336 e. The van der Waals surface area contributed by atoms with Gasteiger partial charge in [-0.15, -0.1) is 5.10 Å². The van der Waals surface area contributed by atoms with E-state index in [9.17, 15) is 13.2 Å². The van der Waals surface area contributed by atoms with E-state index in [-0.39, 0.29) is 30.3 Å². The Labute approximate surface area is 173 Å². The number of hydrogen-bond acceptors (Lipinski definition) is 5. The third-order valence-corrected chi connectivity index (χ3v) is 7.43. The number of nitrogens with zero attached hydrogens (tertiary/aromatic N) is 4. The first-order valence-corrected chi connectivity index (χ1v) is 11.3. The lowest BCUT2D eigenvalue weighted by Gasteiger charge is -2.18. The van der Waals surface area contributed by atoms with Gasteiger partial charge < -0.3 is 4.90 Å². The molecule has 4 rings (SSSR count). The Morgan fingerprint density at radius 1 is 1.03 bits per heavy atom. The fourth-order valence-corrected chi connectivity index (χ4v) is 5.59. The van der Waals surface area contributed by atoms with Gasteiger partial charge in [-0.2, -0.15) is 9.90 Å². The van der Waals surface area contributed by atoms with Crippen molar-refractivity contribution in [3.8, 4) is 5.69 Å². The van der Waals surface area contributed by atoms with Crippen LogP contribution >= 0.6 is 11.6 Å². The molecule has 2 aromatic carbocycles. The normalized spacial score (nSPS) is 18.9. The van der Waals surface area contributed by atoms with Crippen LogP contribution < -0.4 is 0 Å². The predicted octanol–water partition coefficient (Wildman–Crippen LogP) is 2.92. The summed E-state index contributed by atoms with van der Waals surface area (Å²) in [6.45, 7) is 0.409. The lowest BCUT2D eigenvalue weighted by atomic mass is 10.1. The van der Waals surface area contributed by atoms with Crippen LogP contribution in [0.3, 0.4) is 0 Å². The number of para-hydroxylation sites is 1. The molecule has 1 amide bonds. The maximum Gasteiger partial charge on any atom is 0.276 e. The molecule has 0 N–H and O–H groups in total. The standard InChI is InChI=1S/C20H19ClN4O3S/c21-17-9-5-4-8-16(17)19-10-11-24(12-13-29(19,27)28)20(26)18-14-22-25(23-18)15-6-2-1-3-7-15/h1-9,14,19H,10-13H2/t19-/m0/s1. The maximum atomic E-state index is 12.9. The second-order valence-corrected chi connectivity index (χ2v) is 9.52. The van der Waals surface area contributed by atoms with Crippen molar-refractivity contribution in [1.29, 1.82) is 0 Å². The van der Waals surface area contributed by atoms with E-state index in [1.54, 1.807) is 24.3 Å². The SMILES string of the molecule is O=C(c1cnn(-c2ccccc2)n1)N1CC[C@@H](c2ccccc2Cl)S(=O)(=O)CC1. The number of rotatable bonds is 3. The topological polar surface area (TPSA) is 85.2 Å². The molecule has 1 atom stereocenters. The third-order valence-electron chi connectivity index (χ3n) is 4.98. The van der Waals surface area contributed by atoms with Crippen molar-refractivity contribution in [2.45, 2.75) is 11.7 Å². The van der Waals surface area contributed by atoms with Gasteiger partial charge in [0.05, 0.1) is 22.9 Å². The van der Waals surface area contributed by atoms with Crippen molar-refractivity contribution >= 4 is 27.3 Å². The van der Waals surface area contributed by atoms with Crippen molar-refractivity contribution in [2.24, 2.45) is 0 Å². The van der Waals surface area contributed by atoms with Crippen LogP contribution in [0.5, 0.6) is 0 Å². The molecule has 0 radical (unpaired) electrons. The minimum atomic E-state index is -3.44. The molecule has 1 fully saturated rings. The molecule has 29 heavy (non-hydrogen) atoms. The van der Waals surface area contributed by atoms with Crippen molar-refractivity contribution in [2.75, 3.05) is 18.8 Å². The largest absolute Gasteiger partial charge is 0.336 e. The van der Waals surface area contributed by atoms with Crippen LogP contribution in [0.4, 0.5) is 0 Å². The first-order chi connectivity index (χ1) is 14.0. The molecule has 7 nitrogen and oxygen atoms in total. The van der Waals surface area contributed by atoms with E-state index in [1.165, 1.54) is 15.9 Å². The lowest BCUT2D eigenvalue weighted by molar-refractivity contribution is 0.0760. The highest BCUT2D eigenvalue weighted by atomic mass is 35.5. The maximum absolute atomic E-state index is 12.9. The fourth-order valence-electron chi connectivity index (χ4n) is 3.44. The van der Waals surface area contributed by atoms with Crippen molar-refractivity contribution in [3.63, 3.8) is 0 Å². The molecule has 3 aromatic rings. The molecular weight excluding hydrogens is 412 g/mol. The number of carbonyl (C=O) groups excluding carboxylic acids is 1. The summed E-state index contributed by atoms with van der Waals surface area (Å²) in [5, 5.41) is 8.10. The number of amides is 1. The molecule has 0 aliphatic carbocycles. The zero-order valence-electron chi connectivity index (χ0n) is 15.5. The van der Waals surface area contributed by atoms with Crippen LogP contribution in [0.2, 0.25) is 5.02 Å². The fraction of sp³-hybridized carbons (Fsp3) is 0.250. The van der Waals surface area contributed by atoms with Gasteiger partial charge in [0.1, 0.15) is 0 Å². The second kappa shape index (κ2) is 7.96. The summed E-state index contributed by atoms with van der Waals surface area (Å²) in [6.07, 6.45) is 1.69. The third kappa shape index (κ3) is 4.04. The second-order valence-electron chi connectivity index (χ2n) is 6.81. The zero-order valence-corrected chi connectivity index (χ0v) is 17.1. The Kier molecular flexibility index (Phi) is 5.38. The summed E-state index contributed by atoms with van der Waals surface area (Å²) in [4.78, 5) is 15.8. The molecule has 1 aliphatic rings. The Morgan fingerprint density at radius 3 is 2.52 bits per heavy atom. The van der Waals surface area contributed by atoms with E-state index in [4.69, 9.17) is 11.6 Å². The van der Waals surface area contributed by atoms with Gasteiger partial charge in [-0.25, -0.2) is 8.42 Å². The summed E-state index contributed by atoms with van der Waals surface area (Å²) in [7, 11) is -3.44. The van der Waals surface area contributed by atoms with Gasteiger partial charge >= 0.3 is 0 Å². The lowest BCUT2D eigenvalue weighted by Crippen LogP contribution is -2.34. The summed E-state index contributed by atoms with van der Waals surface area (Å²) in [5.74, 6) is -0.455. The van der Waals surface area contributed by atoms with Crippen molar-refractivity contribution in [1.82, 2.24) is 19.9 Å². The molecule has 9 heteroatoms. The summed E-state index contributed by atoms with van der Waals surface area (Å²) in [5.41, 5.74) is 1.50. The number of hydrogen-bond donors (Lipinski definition) is 0. The molecule has 0 spiro atoms. The quantitative estimate of drug-likeness (QED) is 0.637. The zero-order chi connectivity index (χ0) is 20.4. The van der Waals surface area contributed by atoms with E-state index in [1.807, 2.05) is 30.3 Å². The Balaban J connectivity index is 1.55. The Bertz CT molecular complexity index is 1130. The summed E-state index contributed by atoms with van der Waals surface area (Å²) in [6, 6.07) is 16.2. The summed E-state index contributed by atoms with van der Waals surface area (Å²) >= 11 is 6.23. The molecule has 150 valence electrons. The van der Waals surface area contributed by atoms with Gasteiger partial charge in [0, 0.05) is 18.1 Å². The van der Waals surface area contributed by atoms with E-state index >= 15 is 0 Å². The van der Waals surface area contributed by atoms with E-state index in [2.05, 4.69) is 10.2 Å². The molecule has 0 saturated carbocycles. The monoisotopic (exact) mass is 430 g/mol. The number of carbonyl (C=O) groups is 1. The van der Waals surface area contributed by atoms with Crippen LogP contribution in [-0.4, -0.2) is 53.1 Å². The number of sulfone groups is 1. The van der Waals surface area contributed by atoms with Crippen molar-refractivity contribution < 1.29 is 13.2 Å². The van der Waals surface area contributed by atoms with Crippen LogP contribution in [0.15, 0.2) is 60.8 Å². The molecule has 1 saturated heterocycles. The number of halogens is 1. The Hall–Kier alpha value is -2.71. The average molecular weight is 431 g/mol. The molecular formula is C20H19ClN4O3S. The average Bonchev–Trinajstić information content (AvgIpc) is 3.16. The smallest absolute Gasteiger partial charge is 0.276 e. The molecule has 2 heterocycles. The summed E-state index contributed by atoms with van der Waals surface area (Å²) < 4.78 is 25.6. The molecule has 1 aromatic heterocycles. The molecule has 1 aliphatic heterocycles. The first kappa shape index (κ1) is 19.6.